The molecule has 0 atom stereocenters. The number of nitrogens with zero attached hydrogens (tertiary/aromatic N) is 3. The van der Waals surface area contributed by atoms with Crippen molar-refractivity contribution in [1.29, 1.82) is 0 Å². The zero-order chi connectivity index (χ0) is 13.4. The van der Waals surface area contributed by atoms with Gasteiger partial charge in [-0.15, -0.1) is 0 Å². The van der Waals surface area contributed by atoms with Gasteiger partial charge in [-0.3, -0.25) is 19.2 Å². The van der Waals surface area contributed by atoms with Crippen LogP contribution < -0.4 is 10.2 Å². The predicted molar refractivity (Wildman–Crippen MR) is 70.0 cm³/mol. The highest BCUT2D eigenvalue weighted by molar-refractivity contribution is 6.14. The van der Waals surface area contributed by atoms with Crippen LogP contribution in [0.25, 0.3) is 0 Å². The average Bonchev–Trinajstić information content (AvgIpc) is 2.83. The van der Waals surface area contributed by atoms with Gasteiger partial charge in [0.25, 0.3) is 5.91 Å². The third-order valence-corrected chi connectivity index (χ3v) is 2.97. The quantitative estimate of drug-likeness (QED) is 0.828. The molecule has 0 bridgehead atoms. The van der Waals surface area contributed by atoms with E-state index in [0.717, 1.165) is 0 Å². The van der Waals surface area contributed by atoms with Crippen molar-refractivity contribution in [2.45, 2.75) is 0 Å². The molecular formula is C13H12N4O2. The molecule has 0 aliphatic carbocycles. The molecule has 1 aliphatic rings. The van der Waals surface area contributed by atoms with Crippen LogP contribution in [0.5, 0.6) is 0 Å². The first-order valence-electron chi connectivity index (χ1n) is 5.84. The second kappa shape index (κ2) is 4.24. The summed E-state index contributed by atoms with van der Waals surface area (Å²) in [6.07, 6.45) is 3.13. The highest BCUT2D eigenvalue weighted by Gasteiger charge is 2.27. The van der Waals surface area contributed by atoms with Gasteiger partial charge in [0, 0.05) is 13.2 Å². The third-order valence-electron chi connectivity index (χ3n) is 2.97. The predicted octanol–water partition coefficient (Wildman–Crippen LogP) is 1.02. The van der Waals surface area contributed by atoms with Crippen molar-refractivity contribution in [3.05, 3.63) is 42.2 Å². The smallest absolute Gasteiger partial charge is 0.262 e. The largest absolute Gasteiger partial charge is 0.323 e. The zero-order valence-corrected chi connectivity index (χ0v) is 10.3. The summed E-state index contributed by atoms with van der Waals surface area (Å²) >= 11 is 0. The van der Waals surface area contributed by atoms with Gasteiger partial charge in [-0.05, 0) is 12.1 Å². The van der Waals surface area contributed by atoms with Crippen LogP contribution >= 0.6 is 0 Å². The summed E-state index contributed by atoms with van der Waals surface area (Å²) in [5, 5.41) is 6.72. The van der Waals surface area contributed by atoms with Gasteiger partial charge in [0.2, 0.25) is 5.91 Å². The number of hydrogen-bond acceptors (Lipinski definition) is 3. The van der Waals surface area contributed by atoms with E-state index < -0.39 is 0 Å². The number of benzene rings is 1. The van der Waals surface area contributed by atoms with E-state index >= 15 is 0 Å². The molecule has 0 unspecified atom stereocenters. The Kier molecular flexibility index (Phi) is 2.56. The Morgan fingerprint density at radius 2 is 2.16 bits per heavy atom. The number of aryl methyl sites for hydroxylation is 1. The van der Waals surface area contributed by atoms with E-state index in [9.17, 15) is 9.59 Å². The van der Waals surface area contributed by atoms with Crippen molar-refractivity contribution in [2.24, 2.45) is 7.05 Å². The first-order chi connectivity index (χ1) is 9.15. The number of para-hydroxylation sites is 2. The van der Waals surface area contributed by atoms with E-state index in [1.54, 1.807) is 24.0 Å². The molecule has 2 aromatic rings. The fourth-order valence-corrected chi connectivity index (χ4v) is 2.10. The van der Waals surface area contributed by atoms with Gasteiger partial charge in [-0.25, -0.2) is 0 Å². The van der Waals surface area contributed by atoms with E-state index in [4.69, 9.17) is 0 Å². The lowest BCUT2D eigenvalue weighted by molar-refractivity contribution is -0.115. The number of aromatic nitrogens is 2. The number of amides is 2. The molecule has 1 aliphatic heterocycles. The van der Waals surface area contributed by atoms with Crippen molar-refractivity contribution >= 4 is 23.2 Å². The Morgan fingerprint density at radius 3 is 2.89 bits per heavy atom. The molecule has 0 saturated heterocycles. The standard InChI is InChI=1S/C13H12N4O2/c1-16-7-9(6-14-16)13(19)17-8-12(18)15-10-4-2-3-5-11(10)17/h2-7H,8H2,1H3,(H,15,18). The molecule has 1 N–H and O–H groups in total. The van der Waals surface area contributed by atoms with Crippen LogP contribution in [0.3, 0.4) is 0 Å². The summed E-state index contributed by atoms with van der Waals surface area (Å²) < 4.78 is 1.56. The van der Waals surface area contributed by atoms with E-state index in [1.807, 2.05) is 18.2 Å². The molecule has 2 heterocycles. The van der Waals surface area contributed by atoms with Crippen molar-refractivity contribution in [3.63, 3.8) is 0 Å². The van der Waals surface area contributed by atoms with Crippen LogP contribution in [0.1, 0.15) is 10.4 Å². The van der Waals surface area contributed by atoms with Gasteiger partial charge in [0.05, 0.1) is 23.1 Å². The number of carbonyl (C=O) groups is 2. The second-order valence-corrected chi connectivity index (χ2v) is 4.36. The molecule has 0 spiro atoms. The molecule has 6 heteroatoms. The van der Waals surface area contributed by atoms with Crippen LogP contribution in [0.15, 0.2) is 36.7 Å². The minimum atomic E-state index is -0.226. The molecule has 3 rings (SSSR count). The number of hydrogen-bond donors (Lipinski definition) is 1. The maximum Gasteiger partial charge on any atom is 0.262 e. The Bertz CT molecular complexity index is 662. The Labute approximate surface area is 109 Å². The fraction of sp³-hybridized carbons (Fsp3) is 0.154. The number of anilines is 2. The zero-order valence-electron chi connectivity index (χ0n) is 10.3. The lowest BCUT2D eigenvalue weighted by Gasteiger charge is -2.28. The van der Waals surface area contributed by atoms with Gasteiger partial charge in [-0.1, -0.05) is 12.1 Å². The summed E-state index contributed by atoms with van der Waals surface area (Å²) in [6.45, 7) is 0.0186. The van der Waals surface area contributed by atoms with Gasteiger partial charge in [-0.2, -0.15) is 5.10 Å². The number of rotatable bonds is 1. The Balaban J connectivity index is 2.01. The number of carbonyl (C=O) groups excluding carboxylic acids is 2. The minimum absolute atomic E-state index is 0.0186. The van der Waals surface area contributed by atoms with Gasteiger partial charge < -0.3 is 5.32 Å². The average molecular weight is 256 g/mol. The summed E-state index contributed by atoms with van der Waals surface area (Å²) in [6, 6.07) is 7.23. The van der Waals surface area contributed by atoms with Gasteiger partial charge in [0.1, 0.15) is 6.54 Å². The molecule has 2 amide bonds. The molecular weight excluding hydrogens is 244 g/mol. The summed E-state index contributed by atoms with van der Waals surface area (Å²) in [5.74, 6) is -0.425. The third kappa shape index (κ3) is 1.97. The second-order valence-electron chi connectivity index (χ2n) is 4.36. The fourth-order valence-electron chi connectivity index (χ4n) is 2.10. The van der Waals surface area contributed by atoms with Crippen LogP contribution in [0.2, 0.25) is 0 Å². The summed E-state index contributed by atoms with van der Waals surface area (Å²) in [5.41, 5.74) is 1.82. The van der Waals surface area contributed by atoms with E-state index in [2.05, 4.69) is 10.4 Å². The Hall–Kier alpha value is -2.63. The molecule has 96 valence electrons. The van der Waals surface area contributed by atoms with E-state index in [0.29, 0.717) is 16.9 Å². The normalized spacial score (nSPS) is 13.9. The van der Waals surface area contributed by atoms with Crippen molar-refractivity contribution < 1.29 is 9.59 Å². The topological polar surface area (TPSA) is 67.2 Å². The van der Waals surface area contributed by atoms with Crippen molar-refractivity contribution in [1.82, 2.24) is 9.78 Å². The molecule has 0 fully saturated rings. The molecule has 1 aromatic carbocycles. The van der Waals surface area contributed by atoms with Crippen LogP contribution in [0, 0.1) is 0 Å². The van der Waals surface area contributed by atoms with Gasteiger partial charge in [0.15, 0.2) is 0 Å². The highest BCUT2D eigenvalue weighted by atomic mass is 16.2. The monoisotopic (exact) mass is 256 g/mol. The lowest BCUT2D eigenvalue weighted by Crippen LogP contribution is -2.42. The molecule has 0 radical (unpaired) electrons. The molecule has 19 heavy (non-hydrogen) atoms. The number of fused-ring (bicyclic) bond motifs is 1. The van der Waals surface area contributed by atoms with Crippen molar-refractivity contribution in [3.8, 4) is 0 Å². The first-order valence-corrected chi connectivity index (χ1v) is 5.84. The number of nitrogens with one attached hydrogen (secondary N) is 1. The first kappa shape index (κ1) is 11.5. The van der Waals surface area contributed by atoms with Crippen molar-refractivity contribution in [2.75, 3.05) is 16.8 Å². The summed E-state index contributed by atoms with van der Waals surface area (Å²) in [4.78, 5) is 25.5. The molecule has 6 nitrogen and oxygen atoms in total. The lowest BCUT2D eigenvalue weighted by atomic mass is 10.1. The maximum atomic E-state index is 12.4. The minimum Gasteiger partial charge on any atom is -0.323 e. The SMILES string of the molecule is Cn1cc(C(=O)N2CC(=O)Nc3ccccc32)cn1. The van der Waals surface area contributed by atoms with Gasteiger partial charge >= 0.3 is 0 Å². The van der Waals surface area contributed by atoms with E-state index in [-0.39, 0.29) is 18.4 Å². The maximum absolute atomic E-state index is 12.4. The van der Waals surface area contributed by atoms with Crippen LogP contribution in [-0.4, -0.2) is 28.1 Å². The highest BCUT2D eigenvalue weighted by Crippen LogP contribution is 2.29. The molecule has 0 saturated carbocycles. The summed E-state index contributed by atoms with van der Waals surface area (Å²) in [7, 11) is 1.74. The van der Waals surface area contributed by atoms with Crippen LogP contribution in [-0.2, 0) is 11.8 Å². The Morgan fingerprint density at radius 1 is 1.37 bits per heavy atom. The van der Waals surface area contributed by atoms with Crippen LogP contribution in [0.4, 0.5) is 11.4 Å². The molecule has 1 aromatic heterocycles. The van der Waals surface area contributed by atoms with E-state index in [1.165, 1.54) is 11.1 Å².